The zero-order chi connectivity index (χ0) is 10.9. The third-order valence-corrected chi connectivity index (χ3v) is 1.45. The molecule has 74 valence electrons. The second kappa shape index (κ2) is 9.07. The molecule has 0 aliphatic rings. The summed E-state index contributed by atoms with van der Waals surface area (Å²) in [6.07, 6.45) is 3.99. The Morgan fingerprint density at radius 3 is 2.15 bits per heavy atom. The average Bonchev–Trinajstić information content (AvgIpc) is 2.16. The van der Waals surface area contributed by atoms with E-state index in [1.54, 1.807) is 13.0 Å². The molecular weight excluding hydrogens is 188 g/mol. The number of hydrogen-bond acceptors (Lipinski definition) is 1. The summed E-state index contributed by atoms with van der Waals surface area (Å²) in [4.78, 5) is 10.0. The molecule has 0 rings (SSSR count). The molecule has 0 bridgehead atoms. The minimum absolute atomic E-state index is 0.461. The molecule has 0 aliphatic carbocycles. The number of allylic oxidation sites excluding steroid dienone is 4. The summed E-state index contributed by atoms with van der Waals surface area (Å²) >= 11 is 5.62. The summed E-state index contributed by atoms with van der Waals surface area (Å²) < 4.78 is 0. The number of aliphatic carboxylic acids is 1. The summed E-state index contributed by atoms with van der Waals surface area (Å²) in [5.41, 5.74) is 0.497. The predicted octanol–water partition coefficient (Wildman–Crippen LogP) is 3.35. The standard InChI is InChI=1S/C8H9ClO2.C2H6/c1-3-7(9)6(2)4-5-8(10)11;1-2/h3-5H,2H2,1H3,(H,10,11);1-2H3/b5-4+,7-3+;. The zero-order valence-electron chi connectivity index (χ0n) is 8.17. The van der Waals surface area contributed by atoms with Gasteiger partial charge in [0.2, 0.25) is 0 Å². The minimum atomic E-state index is -1.01. The highest BCUT2D eigenvalue weighted by Gasteiger charge is 1.93. The number of carboxylic acids is 1. The number of hydrogen-bond donors (Lipinski definition) is 1. The molecule has 0 atom stereocenters. The van der Waals surface area contributed by atoms with Gasteiger partial charge in [0, 0.05) is 11.1 Å². The Kier molecular flexibility index (Phi) is 10.1. The molecule has 0 aliphatic heterocycles. The van der Waals surface area contributed by atoms with Crippen molar-refractivity contribution in [3.8, 4) is 0 Å². The number of halogens is 1. The van der Waals surface area contributed by atoms with Crippen molar-refractivity contribution in [1.29, 1.82) is 0 Å². The molecule has 0 aromatic heterocycles. The van der Waals surface area contributed by atoms with Crippen LogP contribution in [0.5, 0.6) is 0 Å². The molecule has 0 aromatic carbocycles. The van der Waals surface area contributed by atoms with Crippen molar-refractivity contribution in [3.05, 3.63) is 35.4 Å². The van der Waals surface area contributed by atoms with Crippen LogP contribution >= 0.6 is 11.6 Å². The molecule has 0 saturated heterocycles. The van der Waals surface area contributed by atoms with Crippen LogP contribution in [-0.4, -0.2) is 11.1 Å². The van der Waals surface area contributed by atoms with Crippen LogP contribution < -0.4 is 0 Å². The Balaban J connectivity index is 0. The summed E-state index contributed by atoms with van der Waals surface area (Å²) in [5.74, 6) is -1.01. The van der Waals surface area contributed by atoms with E-state index in [2.05, 4.69) is 6.58 Å². The molecule has 13 heavy (non-hydrogen) atoms. The maximum absolute atomic E-state index is 10.0. The third-order valence-electron chi connectivity index (χ3n) is 0.987. The molecular formula is C10H15ClO2. The van der Waals surface area contributed by atoms with Crippen molar-refractivity contribution in [2.75, 3.05) is 0 Å². The summed E-state index contributed by atoms with van der Waals surface area (Å²) in [7, 11) is 0. The second-order valence-corrected chi connectivity index (χ2v) is 2.24. The monoisotopic (exact) mass is 202 g/mol. The summed E-state index contributed by atoms with van der Waals surface area (Å²) in [6, 6.07) is 0. The molecule has 0 spiro atoms. The van der Waals surface area contributed by atoms with Gasteiger partial charge in [-0.15, -0.1) is 0 Å². The van der Waals surface area contributed by atoms with Crippen LogP contribution in [0.4, 0.5) is 0 Å². The largest absolute Gasteiger partial charge is 0.478 e. The SMILES string of the molecule is C=C(/C=C/C(=O)O)/C(Cl)=C\C.CC. The van der Waals surface area contributed by atoms with Gasteiger partial charge in [0.25, 0.3) is 0 Å². The van der Waals surface area contributed by atoms with E-state index in [0.717, 1.165) is 6.08 Å². The molecule has 3 heteroatoms. The Bertz CT molecular complexity index is 227. The fourth-order valence-electron chi connectivity index (χ4n) is 0.437. The number of carboxylic acid groups (broad SMARTS) is 1. The first-order valence-corrected chi connectivity index (χ1v) is 4.37. The second-order valence-electron chi connectivity index (χ2n) is 1.83. The first kappa shape index (κ1) is 14.5. The normalized spacial score (nSPS) is 10.6. The predicted molar refractivity (Wildman–Crippen MR) is 56.9 cm³/mol. The van der Waals surface area contributed by atoms with E-state index in [1.165, 1.54) is 6.08 Å². The number of carbonyl (C=O) groups is 1. The van der Waals surface area contributed by atoms with Gasteiger partial charge in [0.05, 0.1) is 0 Å². The van der Waals surface area contributed by atoms with E-state index in [0.29, 0.717) is 10.6 Å². The maximum Gasteiger partial charge on any atom is 0.328 e. The van der Waals surface area contributed by atoms with E-state index in [4.69, 9.17) is 16.7 Å². The molecule has 1 N–H and O–H groups in total. The van der Waals surface area contributed by atoms with Gasteiger partial charge in [-0.1, -0.05) is 38.1 Å². The fourth-order valence-corrected chi connectivity index (χ4v) is 0.500. The molecule has 0 heterocycles. The van der Waals surface area contributed by atoms with Gasteiger partial charge in [-0.3, -0.25) is 0 Å². The third kappa shape index (κ3) is 8.89. The lowest BCUT2D eigenvalue weighted by atomic mass is 10.2. The van der Waals surface area contributed by atoms with E-state index in [1.807, 2.05) is 13.8 Å². The van der Waals surface area contributed by atoms with Gasteiger partial charge in [0.1, 0.15) is 0 Å². The molecule has 0 radical (unpaired) electrons. The van der Waals surface area contributed by atoms with Crippen LogP contribution in [0.3, 0.4) is 0 Å². The van der Waals surface area contributed by atoms with E-state index >= 15 is 0 Å². The Hall–Kier alpha value is -1.02. The average molecular weight is 203 g/mol. The smallest absolute Gasteiger partial charge is 0.328 e. The zero-order valence-corrected chi connectivity index (χ0v) is 8.93. The topological polar surface area (TPSA) is 37.3 Å². The summed E-state index contributed by atoms with van der Waals surface area (Å²) in [6.45, 7) is 9.30. The molecule has 0 unspecified atom stereocenters. The minimum Gasteiger partial charge on any atom is -0.478 e. The first-order valence-electron chi connectivity index (χ1n) is 4.00. The maximum atomic E-state index is 10.0. The lowest BCUT2D eigenvalue weighted by Crippen LogP contribution is -1.86. The Morgan fingerprint density at radius 1 is 1.38 bits per heavy atom. The number of rotatable bonds is 3. The fraction of sp³-hybridized carbons (Fsp3) is 0.300. The molecule has 0 fully saturated rings. The van der Waals surface area contributed by atoms with E-state index in [-0.39, 0.29) is 0 Å². The van der Waals surface area contributed by atoms with Gasteiger partial charge in [0.15, 0.2) is 0 Å². The van der Waals surface area contributed by atoms with E-state index < -0.39 is 5.97 Å². The van der Waals surface area contributed by atoms with Gasteiger partial charge < -0.3 is 5.11 Å². The van der Waals surface area contributed by atoms with Crippen molar-refractivity contribution in [1.82, 2.24) is 0 Å². The first-order chi connectivity index (χ1) is 6.07. The lowest BCUT2D eigenvalue weighted by Gasteiger charge is -1.93. The van der Waals surface area contributed by atoms with Crippen LogP contribution in [0.25, 0.3) is 0 Å². The van der Waals surface area contributed by atoms with Gasteiger partial charge in [-0.2, -0.15) is 0 Å². The Labute approximate surface area is 84.2 Å². The highest BCUT2D eigenvalue weighted by Crippen LogP contribution is 2.12. The molecule has 0 aromatic rings. The lowest BCUT2D eigenvalue weighted by molar-refractivity contribution is -0.131. The molecule has 0 amide bonds. The van der Waals surface area contributed by atoms with Crippen LogP contribution in [0, 0.1) is 0 Å². The van der Waals surface area contributed by atoms with Crippen LogP contribution in [-0.2, 0) is 4.79 Å². The summed E-state index contributed by atoms with van der Waals surface area (Å²) in [5, 5.41) is 8.69. The van der Waals surface area contributed by atoms with Crippen molar-refractivity contribution >= 4 is 17.6 Å². The van der Waals surface area contributed by atoms with E-state index in [9.17, 15) is 4.79 Å². The quantitative estimate of drug-likeness (QED) is 0.563. The molecule has 2 nitrogen and oxygen atoms in total. The van der Waals surface area contributed by atoms with Crippen molar-refractivity contribution in [3.63, 3.8) is 0 Å². The van der Waals surface area contributed by atoms with Gasteiger partial charge >= 0.3 is 5.97 Å². The van der Waals surface area contributed by atoms with Crippen molar-refractivity contribution in [2.45, 2.75) is 20.8 Å². The Morgan fingerprint density at radius 2 is 1.85 bits per heavy atom. The van der Waals surface area contributed by atoms with Crippen LogP contribution in [0.2, 0.25) is 0 Å². The highest BCUT2D eigenvalue weighted by atomic mass is 35.5. The van der Waals surface area contributed by atoms with Gasteiger partial charge in [-0.25, -0.2) is 4.79 Å². The van der Waals surface area contributed by atoms with Crippen molar-refractivity contribution in [2.24, 2.45) is 0 Å². The van der Waals surface area contributed by atoms with Crippen LogP contribution in [0.15, 0.2) is 35.4 Å². The van der Waals surface area contributed by atoms with Crippen molar-refractivity contribution < 1.29 is 9.90 Å². The highest BCUT2D eigenvalue weighted by molar-refractivity contribution is 6.32. The molecule has 0 saturated carbocycles. The van der Waals surface area contributed by atoms with Crippen LogP contribution in [0.1, 0.15) is 20.8 Å². The van der Waals surface area contributed by atoms with Gasteiger partial charge in [-0.05, 0) is 18.6 Å².